The van der Waals surface area contributed by atoms with Crippen molar-refractivity contribution in [1.82, 2.24) is 9.59 Å². The zero-order chi connectivity index (χ0) is 14.4. The number of aromatic nitrogens is 2. The van der Waals surface area contributed by atoms with Gasteiger partial charge in [0, 0.05) is 12.1 Å². The van der Waals surface area contributed by atoms with Crippen molar-refractivity contribution in [1.29, 1.82) is 0 Å². The first-order valence-corrected chi connectivity index (χ1v) is 6.46. The second-order valence-corrected chi connectivity index (χ2v) is 4.49. The quantitative estimate of drug-likeness (QED) is 0.843. The molecule has 0 bridgehead atoms. The number of halogens is 1. The normalized spacial score (nSPS) is 9.70. The molecule has 0 fully saturated rings. The number of hydrogen-bond acceptors (Lipinski definition) is 5. The molecule has 2 aromatic rings. The van der Waals surface area contributed by atoms with Gasteiger partial charge in [-0.05, 0) is 29.7 Å². The number of carbonyl (C=O) groups is 1. The summed E-state index contributed by atoms with van der Waals surface area (Å²) in [5.41, 5.74) is 0.594. The van der Waals surface area contributed by atoms with Crippen molar-refractivity contribution in [2.75, 3.05) is 11.9 Å². The standard InChI is InChI=1S/C13H10FN3O2S/c14-11-5-4-10(7-9(11)3-1-2-6-18)16-13(19)12-8-15-17-20-12/h4-5,7-8,18H,2,6H2,(H,16,19). The van der Waals surface area contributed by atoms with Crippen LogP contribution in [0.5, 0.6) is 0 Å². The Morgan fingerprint density at radius 3 is 3.05 bits per heavy atom. The van der Waals surface area contributed by atoms with E-state index in [1.54, 1.807) is 0 Å². The van der Waals surface area contributed by atoms with E-state index in [9.17, 15) is 9.18 Å². The molecule has 2 N–H and O–H groups in total. The molecule has 5 nitrogen and oxygen atoms in total. The average Bonchev–Trinajstić information content (AvgIpc) is 2.96. The number of nitrogens with zero attached hydrogens (tertiary/aromatic N) is 2. The molecule has 1 aromatic carbocycles. The van der Waals surface area contributed by atoms with Gasteiger partial charge >= 0.3 is 0 Å². The second-order valence-electron chi connectivity index (χ2n) is 3.71. The maximum atomic E-state index is 13.5. The van der Waals surface area contributed by atoms with Crippen molar-refractivity contribution < 1.29 is 14.3 Å². The Hall–Kier alpha value is -2.30. The number of aliphatic hydroxyl groups excluding tert-OH is 1. The molecule has 7 heteroatoms. The number of hydrogen-bond donors (Lipinski definition) is 2. The molecule has 0 unspecified atom stereocenters. The minimum atomic E-state index is -0.479. The minimum absolute atomic E-state index is 0.0799. The molecule has 0 saturated carbocycles. The molecular formula is C13H10FN3O2S. The Labute approximate surface area is 118 Å². The smallest absolute Gasteiger partial charge is 0.269 e. The van der Waals surface area contributed by atoms with Crippen LogP contribution in [0.4, 0.5) is 10.1 Å². The Bertz CT molecular complexity index is 662. The first-order valence-electron chi connectivity index (χ1n) is 5.68. The van der Waals surface area contributed by atoms with Crippen LogP contribution in [0.25, 0.3) is 0 Å². The van der Waals surface area contributed by atoms with Gasteiger partial charge in [0.05, 0.1) is 18.4 Å². The van der Waals surface area contributed by atoms with Gasteiger partial charge in [-0.3, -0.25) is 4.79 Å². The lowest BCUT2D eigenvalue weighted by atomic mass is 10.2. The van der Waals surface area contributed by atoms with Gasteiger partial charge in [0.25, 0.3) is 5.91 Å². The Balaban J connectivity index is 2.15. The van der Waals surface area contributed by atoms with Gasteiger partial charge in [0.15, 0.2) is 0 Å². The van der Waals surface area contributed by atoms with Crippen LogP contribution < -0.4 is 5.32 Å². The van der Waals surface area contributed by atoms with Crippen LogP contribution in [0.15, 0.2) is 24.4 Å². The molecule has 0 aliphatic heterocycles. The van der Waals surface area contributed by atoms with Gasteiger partial charge in [0.1, 0.15) is 10.7 Å². The predicted octanol–water partition coefficient (Wildman–Crippen LogP) is 1.66. The number of aliphatic hydroxyl groups is 1. The highest BCUT2D eigenvalue weighted by molar-refractivity contribution is 7.07. The summed E-state index contributed by atoms with van der Waals surface area (Å²) in [6, 6.07) is 4.11. The SMILES string of the molecule is O=C(Nc1ccc(F)c(C#CCCO)c1)c1cnns1. The summed E-state index contributed by atoms with van der Waals surface area (Å²) in [5.74, 6) is 4.39. The third-order valence-electron chi connectivity index (χ3n) is 2.27. The largest absolute Gasteiger partial charge is 0.395 e. The molecule has 0 aliphatic carbocycles. The molecule has 0 aliphatic rings. The predicted molar refractivity (Wildman–Crippen MR) is 72.8 cm³/mol. The van der Waals surface area contributed by atoms with Crippen LogP contribution in [0.2, 0.25) is 0 Å². The maximum absolute atomic E-state index is 13.5. The summed E-state index contributed by atoms with van der Waals surface area (Å²) in [6.45, 7) is -0.0799. The Morgan fingerprint density at radius 1 is 1.50 bits per heavy atom. The van der Waals surface area contributed by atoms with Crippen molar-refractivity contribution in [3.8, 4) is 11.8 Å². The lowest BCUT2D eigenvalue weighted by Gasteiger charge is -2.04. The summed E-state index contributed by atoms with van der Waals surface area (Å²) in [5, 5.41) is 14.8. The minimum Gasteiger partial charge on any atom is -0.395 e. The van der Waals surface area contributed by atoms with Crippen molar-refractivity contribution in [3.05, 3.63) is 40.7 Å². The highest BCUT2D eigenvalue weighted by atomic mass is 32.1. The van der Waals surface area contributed by atoms with Gasteiger partial charge in [-0.15, -0.1) is 5.10 Å². The lowest BCUT2D eigenvalue weighted by molar-refractivity contribution is 0.103. The monoisotopic (exact) mass is 291 g/mol. The highest BCUT2D eigenvalue weighted by Gasteiger charge is 2.09. The fourth-order valence-corrected chi connectivity index (χ4v) is 1.78. The van der Waals surface area contributed by atoms with E-state index in [4.69, 9.17) is 5.11 Å². The van der Waals surface area contributed by atoms with Gasteiger partial charge in [0.2, 0.25) is 0 Å². The van der Waals surface area contributed by atoms with Gasteiger partial charge in [-0.25, -0.2) is 4.39 Å². The van der Waals surface area contributed by atoms with Crippen LogP contribution in [-0.2, 0) is 0 Å². The number of nitrogens with one attached hydrogen (secondary N) is 1. The molecule has 102 valence electrons. The number of amides is 1. The number of carbonyl (C=O) groups excluding carboxylic acids is 1. The van der Waals surface area contributed by atoms with E-state index in [1.165, 1.54) is 24.4 Å². The van der Waals surface area contributed by atoms with Gasteiger partial charge in [-0.2, -0.15) is 0 Å². The number of benzene rings is 1. The Kier molecular flexibility index (Phi) is 4.76. The summed E-state index contributed by atoms with van der Waals surface area (Å²) in [4.78, 5) is 12.2. The van der Waals surface area contributed by atoms with Crippen LogP contribution in [0.3, 0.4) is 0 Å². The average molecular weight is 291 g/mol. The van der Waals surface area contributed by atoms with Crippen LogP contribution in [0, 0.1) is 17.7 Å². The van der Waals surface area contributed by atoms with Crippen molar-refractivity contribution in [2.45, 2.75) is 6.42 Å². The number of anilines is 1. The first-order chi connectivity index (χ1) is 9.70. The zero-order valence-electron chi connectivity index (χ0n) is 10.3. The molecule has 1 heterocycles. The second kappa shape index (κ2) is 6.75. The van der Waals surface area contributed by atoms with Gasteiger partial charge < -0.3 is 10.4 Å². The van der Waals surface area contributed by atoms with Crippen LogP contribution in [-0.4, -0.2) is 27.2 Å². The fourth-order valence-electron chi connectivity index (χ4n) is 1.37. The van der Waals surface area contributed by atoms with Crippen molar-refractivity contribution in [3.63, 3.8) is 0 Å². The molecular weight excluding hydrogens is 281 g/mol. The molecule has 0 spiro atoms. The summed E-state index contributed by atoms with van der Waals surface area (Å²) >= 11 is 0.972. The molecule has 0 atom stereocenters. The third-order valence-corrected chi connectivity index (χ3v) is 2.93. The molecule has 1 amide bonds. The summed E-state index contributed by atoms with van der Waals surface area (Å²) in [6.07, 6.45) is 1.62. The highest BCUT2D eigenvalue weighted by Crippen LogP contribution is 2.15. The van der Waals surface area contributed by atoms with E-state index in [0.29, 0.717) is 10.6 Å². The van der Waals surface area contributed by atoms with E-state index < -0.39 is 5.82 Å². The third kappa shape index (κ3) is 3.60. The summed E-state index contributed by atoms with van der Waals surface area (Å²) < 4.78 is 17.1. The maximum Gasteiger partial charge on any atom is 0.269 e. The Morgan fingerprint density at radius 2 is 2.35 bits per heavy atom. The summed E-state index contributed by atoms with van der Waals surface area (Å²) in [7, 11) is 0. The van der Waals surface area contributed by atoms with Crippen molar-refractivity contribution >= 4 is 23.1 Å². The molecule has 0 saturated heterocycles. The van der Waals surface area contributed by atoms with E-state index in [2.05, 4.69) is 26.7 Å². The number of rotatable bonds is 3. The van der Waals surface area contributed by atoms with Gasteiger partial charge in [-0.1, -0.05) is 16.3 Å². The lowest BCUT2D eigenvalue weighted by Crippen LogP contribution is -2.10. The van der Waals surface area contributed by atoms with Crippen LogP contribution in [0.1, 0.15) is 21.7 Å². The fraction of sp³-hybridized carbons (Fsp3) is 0.154. The molecule has 20 heavy (non-hydrogen) atoms. The van der Waals surface area contributed by atoms with E-state index >= 15 is 0 Å². The topological polar surface area (TPSA) is 75.1 Å². The van der Waals surface area contributed by atoms with Crippen molar-refractivity contribution in [2.24, 2.45) is 0 Å². The van der Waals surface area contributed by atoms with E-state index in [0.717, 1.165) is 11.5 Å². The molecule has 2 rings (SSSR count). The van der Waals surface area contributed by atoms with Crippen LogP contribution >= 0.6 is 11.5 Å². The van der Waals surface area contributed by atoms with E-state index in [1.807, 2.05) is 0 Å². The first kappa shape index (κ1) is 14.1. The molecule has 0 radical (unpaired) electrons. The molecule has 1 aromatic heterocycles. The van der Waals surface area contributed by atoms with E-state index in [-0.39, 0.29) is 24.5 Å². The zero-order valence-corrected chi connectivity index (χ0v) is 11.1.